The molecule has 146 valence electrons. The number of anilines is 1. The van der Waals surface area contributed by atoms with Gasteiger partial charge >= 0.3 is 0 Å². The highest BCUT2D eigenvalue weighted by atomic mass is 16.5. The molecule has 0 aliphatic rings. The maximum Gasteiger partial charge on any atom is 0.225 e. The van der Waals surface area contributed by atoms with Gasteiger partial charge < -0.3 is 14.8 Å². The van der Waals surface area contributed by atoms with Crippen molar-refractivity contribution in [2.45, 2.75) is 26.7 Å². The number of hydrogen-bond acceptors (Lipinski definition) is 4. The van der Waals surface area contributed by atoms with Crippen LogP contribution in [0.1, 0.15) is 25.5 Å². The minimum Gasteiger partial charge on any atom is -0.493 e. The van der Waals surface area contributed by atoms with Crippen LogP contribution >= 0.6 is 0 Å². The number of methoxy groups -OCH3 is 2. The molecule has 1 aromatic heterocycles. The monoisotopic (exact) mass is 379 g/mol. The molecule has 3 aromatic rings. The lowest BCUT2D eigenvalue weighted by Gasteiger charge is -2.13. The number of carbonyl (C=O) groups excluding carboxylic acids is 1. The van der Waals surface area contributed by atoms with Crippen molar-refractivity contribution in [2.75, 3.05) is 19.5 Å². The average molecular weight is 379 g/mol. The average Bonchev–Trinajstić information content (AvgIpc) is 3.04. The molecule has 0 saturated carbocycles. The first-order valence-corrected chi connectivity index (χ1v) is 9.26. The summed E-state index contributed by atoms with van der Waals surface area (Å²) in [7, 11) is 3.21. The first-order chi connectivity index (χ1) is 13.6. The van der Waals surface area contributed by atoms with Crippen LogP contribution in [0.5, 0.6) is 11.5 Å². The summed E-state index contributed by atoms with van der Waals surface area (Å²) in [6.45, 7) is 3.91. The Bertz CT molecular complexity index is 965. The Hall–Kier alpha value is -3.28. The van der Waals surface area contributed by atoms with E-state index < -0.39 is 0 Å². The zero-order chi connectivity index (χ0) is 20.1. The molecular weight excluding hydrogens is 354 g/mol. The molecule has 0 saturated heterocycles. The van der Waals surface area contributed by atoms with Gasteiger partial charge in [-0.2, -0.15) is 5.10 Å². The van der Waals surface area contributed by atoms with E-state index in [0.29, 0.717) is 23.7 Å². The van der Waals surface area contributed by atoms with Gasteiger partial charge in [0, 0.05) is 12.0 Å². The number of nitrogens with one attached hydrogen (secondary N) is 1. The van der Waals surface area contributed by atoms with Crippen LogP contribution in [0.4, 0.5) is 5.82 Å². The van der Waals surface area contributed by atoms with Crippen molar-refractivity contribution in [2.24, 2.45) is 0 Å². The van der Waals surface area contributed by atoms with Crippen LogP contribution in [0.3, 0.4) is 0 Å². The van der Waals surface area contributed by atoms with Gasteiger partial charge in [-0.25, -0.2) is 4.68 Å². The van der Waals surface area contributed by atoms with Gasteiger partial charge in [-0.3, -0.25) is 4.79 Å². The predicted octanol–water partition coefficient (Wildman–Crippen LogP) is 4.60. The highest BCUT2D eigenvalue weighted by Gasteiger charge is 2.21. The van der Waals surface area contributed by atoms with Crippen molar-refractivity contribution in [1.82, 2.24) is 9.78 Å². The van der Waals surface area contributed by atoms with Crippen molar-refractivity contribution >= 4 is 11.7 Å². The molecule has 0 fully saturated rings. The minimum absolute atomic E-state index is 0.0405. The first kappa shape index (κ1) is 19.5. The predicted molar refractivity (Wildman–Crippen MR) is 110 cm³/mol. The van der Waals surface area contributed by atoms with Gasteiger partial charge in [0.2, 0.25) is 5.91 Å². The molecule has 6 nitrogen and oxygen atoms in total. The number of hydrogen-bond donors (Lipinski definition) is 1. The lowest BCUT2D eigenvalue weighted by molar-refractivity contribution is -0.116. The third-order valence-electron chi connectivity index (χ3n) is 4.47. The summed E-state index contributed by atoms with van der Waals surface area (Å²) in [4.78, 5) is 12.4. The van der Waals surface area contributed by atoms with E-state index in [4.69, 9.17) is 14.6 Å². The minimum atomic E-state index is -0.0405. The molecule has 28 heavy (non-hydrogen) atoms. The highest BCUT2D eigenvalue weighted by Crippen LogP contribution is 2.38. The summed E-state index contributed by atoms with van der Waals surface area (Å²) in [6.07, 6.45) is 1.22. The molecule has 2 aromatic carbocycles. The lowest BCUT2D eigenvalue weighted by Crippen LogP contribution is -2.15. The maximum absolute atomic E-state index is 12.4. The van der Waals surface area contributed by atoms with Crippen molar-refractivity contribution in [1.29, 1.82) is 0 Å². The van der Waals surface area contributed by atoms with Crippen molar-refractivity contribution < 1.29 is 14.3 Å². The Morgan fingerprint density at radius 1 is 1.07 bits per heavy atom. The van der Waals surface area contributed by atoms with Gasteiger partial charge in [0.05, 0.1) is 25.6 Å². The Labute approximate surface area is 165 Å². The van der Waals surface area contributed by atoms with Gasteiger partial charge in [-0.1, -0.05) is 31.2 Å². The fourth-order valence-corrected chi connectivity index (χ4v) is 3.16. The second-order valence-corrected chi connectivity index (χ2v) is 6.42. The number of para-hydroxylation sites is 1. The number of carbonyl (C=O) groups is 1. The number of ether oxygens (including phenoxy) is 2. The molecule has 1 heterocycles. The van der Waals surface area contributed by atoms with Crippen molar-refractivity contribution in [3.63, 3.8) is 0 Å². The number of aryl methyl sites for hydroxylation is 1. The second-order valence-electron chi connectivity index (χ2n) is 6.42. The molecule has 0 radical (unpaired) electrons. The Morgan fingerprint density at radius 3 is 2.43 bits per heavy atom. The van der Waals surface area contributed by atoms with E-state index in [2.05, 4.69) is 5.32 Å². The van der Waals surface area contributed by atoms with Crippen LogP contribution in [0, 0.1) is 6.92 Å². The quantitative estimate of drug-likeness (QED) is 0.651. The molecule has 0 spiro atoms. The van der Waals surface area contributed by atoms with Gasteiger partial charge in [-0.05, 0) is 43.2 Å². The van der Waals surface area contributed by atoms with Crippen LogP contribution < -0.4 is 14.8 Å². The van der Waals surface area contributed by atoms with Crippen LogP contribution in [0.15, 0.2) is 48.5 Å². The van der Waals surface area contributed by atoms with E-state index in [-0.39, 0.29) is 5.91 Å². The third-order valence-corrected chi connectivity index (χ3v) is 4.47. The second kappa shape index (κ2) is 8.61. The zero-order valence-electron chi connectivity index (χ0n) is 16.7. The van der Waals surface area contributed by atoms with E-state index >= 15 is 0 Å². The Balaban J connectivity index is 2.17. The standard InChI is InChI=1S/C22H25N3O3/c1-5-9-20(26)23-22-21(16-12-13-18(27-3)19(14-16)28-4)15(2)24-25(22)17-10-7-6-8-11-17/h6-8,10-14H,5,9H2,1-4H3,(H,23,26). The zero-order valence-corrected chi connectivity index (χ0v) is 16.7. The number of amides is 1. The SMILES string of the molecule is CCCC(=O)Nc1c(-c2ccc(OC)c(OC)c2)c(C)nn1-c1ccccc1. The van der Waals surface area contributed by atoms with E-state index in [1.807, 2.05) is 62.4 Å². The molecule has 0 aliphatic carbocycles. The largest absolute Gasteiger partial charge is 0.493 e. The summed E-state index contributed by atoms with van der Waals surface area (Å²) in [5, 5.41) is 7.75. The summed E-state index contributed by atoms with van der Waals surface area (Å²) >= 11 is 0. The summed E-state index contributed by atoms with van der Waals surface area (Å²) in [5.74, 6) is 1.88. The number of rotatable bonds is 7. The third kappa shape index (κ3) is 3.86. The van der Waals surface area contributed by atoms with Gasteiger partial charge in [0.1, 0.15) is 5.82 Å². The summed E-state index contributed by atoms with van der Waals surface area (Å²) in [6, 6.07) is 15.4. The topological polar surface area (TPSA) is 65.4 Å². The van der Waals surface area contributed by atoms with Gasteiger partial charge in [0.15, 0.2) is 11.5 Å². The summed E-state index contributed by atoms with van der Waals surface area (Å²) < 4.78 is 12.6. The van der Waals surface area contributed by atoms with E-state index in [0.717, 1.165) is 28.9 Å². The number of benzene rings is 2. The van der Waals surface area contributed by atoms with Crippen LogP contribution in [0.2, 0.25) is 0 Å². The first-order valence-electron chi connectivity index (χ1n) is 9.26. The Morgan fingerprint density at radius 2 is 1.79 bits per heavy atom. The summed E-state index contributed by atoms with van der Waals surface area (Å²) in [5.41, 5.74) is 3.44. The maximum atomic E-state index is 12.4. The molecule has 0 aliphatic heterocycles. The number of nitrogens with zero attached hydrogens (tertiary/aromatic N) is 2. The van der Waals surface area contributed by atoms with Gasteiger partial charge in [-0.15, -0.1) is 0 Å². The van der Waals surface area contributed by atoms with E-state index in [1.165, 1.54) is 0 Å². The van der Waals surface area contributed by atoms with E-state index in [1.54, 1.807) is 18.9 Å². The van der Waals surface area contributed by atoms with Crippen LogP contribution in [0.25, 0.3) is 16.8 Å². The van der Waals surface area contributed by atoms with Crippen molar-refractivity contribution in [3.05, 3.63) is 54.2 Å². The number of aromatic nitrogens is 2. The molecule has 3 rings (SSSR count). The van der Waals surface area contributed by atoms with Crippen LogP contribution in [-0.4, -0.2) is 29.9 Å². The molecule has 6 heteroatoms. The lowest BCUT2D eigenvalue weighted by atomic mass is 10.0. The molecule has 0 unspecified atom stereocenters. The fourth-order valence-electron chi connectivity index (χ4n) is 3.16. The highest BCUT2D eigenvalue weighted by molar-refractivity contribution is 5.95. The molecule has 1 amide bonds. The normalized spacial score (nSPS) is 10.6. The fraction of sp³-hybridized carbons (Fsp3) is 0.273. The van der Waals surface area contributed by atoms with Crippen LogP contribution in [-0.2, 0) is 4.79 Å². The molecule has 0 bridgehead atoms. The van der Waals surface area contributed by atoms with Crippen molar-refractivity contribution in [3.8, 4) is 28.3 Å². The molecule has 0 atom stereocenters. The Kier molecular flexibility index (Phi) is 5.99. The van der Waals surface area contributed by atoms with Gasteiger partial charge in [0.25, 0.3) is 0 Å². The molecule has 1 N–H and O–H groups in total. The molecular formula is C22H25N3O3. The smallest absolute Gasteiger partial charge is 0.225 e. The van der Waals surface area contributed by atoms with E-state index in [9.17, 15) is 4.79 Å².